The largest absolute Gasteiger partial charge is 0.505 e. The maximum absolute atomic E-state index is 13.2. The highest BCUT2D eigenvalue weighted by atomic mass is 32.2. The van der Waals surface area contributed by atoms with Gasteiger partial charge in [0.05, 0.1) is 15.2 Å². The van der Waals surface area contributed by atoms with Crippen molar-refractivity contribution in [3.8, 4) is 28.7 Å². The molecule has 0 saturated heterocycles. The molecular formula is C17H14FN3O6S. The zero-order chi connectivity index (χ0) is 20.6. The van der Waals surface area contributed by atoms with Crippen molar-refractivity contribution >= 4 is 17.4 Å². The predicted molar refractivity (Wildman–Crippen MR) is 96.7 cm³/mol. The Bertz CT molecular complexity index is 1070. The van der Waals surface area contributed by atoms with Gasteiger partial charge in [-0.25, -0.2) is 4.39 Å². The number of aromatic hydroxyl groups is 3. The van der Waals surface area contributed by atoms with E-state index in [1.807, 2.05) is 0 Å². The SMILES string of the molecule is CC(C)(Sc1ccc(F)c(O)c1)c1noc(-c2cc(O)c(O)c([N+](=O)[O-])c2)n1. The van der Waals surface area contributed by atoms with E-state index < -0.39 is 38.4 Å². The van der Waals surface area contributed by atoms with Crippen molar-refractivity contribution in [2.75, 3.05) is 0 Å². The molecule has 0 amide bonds. The Morgan fingerprint density at radius 1 is 1.18 bits per heavy atom. The summed E-state index contributed by atoms with van der Waals surface area (Å²) in [5, 5.41) is 43.6. The Morgan fingerprint density at radius 3 is 2.54 bits per heavy atom. The lowest BCUT2D eigenvalue weighted by Gasteiger charge is -2.19. The maximum atomic E-state index is 13.2. The molecule has 0 spiro atoms. The van der Waals surface area contributed by atoms with Gasteiger partial charge in [0.25, 0.3) is 5.89 Å². The van der Waals surface area contributed by atoms with Crippen LogP contribution in [0.25, 0.3) is 11.5 Å². The van der Waals surface area contributed by atoms with Crippen molar-refractivity contribution < 1.29 is 29.2 Å². The van der Waals surface area contributed by atoms with Crippen LogP contribution in [0.4, 0.5) is 10.1 Å². The molecule has 0 fully saturated rings. The molecule has 1 heterocycles. The Balaban J connectivity index is 1.92. The van der Waals surface area contributed by atoms with E-state index in [0.717, 1.165) is 18.2 Å². The van der Waals surface area contributed by atoms with Crippen LogP contribution >= 0.6 is 11.8 Å². The van der Waals surface area contributed by atoms with Crippen LogP contribution in [-0.4, -0.2) is 30.4 Å². The minimum absolute atomic E-state index is 0.0565. The van der Waals surface area contributed by atoms with Crippen molar-refractivity contribution in [2.45, 2.75) is 23.5 Å². The third-order valence-corrected chi connectivity index (χ3v) is 4.95. The van der Waals surface area contributed by atoms with Crippen LogP contribution in [0.2, 0.25) is 0 Å². The zero-order valence-corrected chi connectivity index (χ0v) is 15.4. The lowest BCUT2D eigenvalue weighted by atomic mass is 10.1. The van der Waals surface area contributed by atoms with E-state index in [2.05, 4.69) is 10.1 Å². The van der Waals surface area contributed by atoms with Gasteiger partial charge in [-0.05, 0) is 38.1 Å². The summed E-state index contributed by atoms with van der Waals surface area (Å²) in [4.78, 5) is 14.9. The van der Waals surface area contributed by atoms with E-state index >= 15 is 0 Å². The second kappa shape index (κ2) is 7.00. The minimum atomic E-state index is -0.861. The molecule has 0 aliphatic rings. The monoisotopic (exact) mass is 407 g/mol. The third kappa shape index (κ3) is 3.69. The van der Waals surface area contributed by atoms with E-state index in [4.69, 9.17) is 4.52 Å². The molecule has 0 aliphatic heterocycles. The number of nitrogens with zero attached hydrogens (tertiary/aromatic N) is 3. The third-order valence-electron chi connectivity index (χ3n) is 3.77. The van der Waals surface area contributed by atoms with Gasteiger partial charge in [-0.1, -0.05) is 5.16 Å². The zero-order valence-electron chi connectivity index (χ0n) is 14.6. The van der Waals surface area contributed by atoms with Gasteiger partial charge in [0.15, 0.2) is 23.1 Å². The van der Waals surface area contributed by atoms with E-state index in [9.17, 15) is 29.8 Å². The number of rotatable bonds is 5. The van der Waals surface area contributed by atoms with Gasteiger partial charge < -0.3 is 19.8 Å². The number of thioether (sulfide) groups is 1. The smallest absolute Gasteiger partial charge is 0.315 e. The van der Waals surface area contributed by atoms with E-state index in [0.29, 0.717) is 4.90 Å². The fraction of sp³-hybridized carbons (Fsp3) is 0.176. The standard InChI is InChI=1S/C17H14FN3O6S/c1-17(2,28-9-3-4-10(18)12(22)7-9)16-19-15(27-20-16)8-5-11(21(25)26)14(24)13(23)6-8/h3-7,22-24H,1-2H3. The Kier molecular flexibility index (Phi) is 4.86. The van der Waals surface area contributed by atoms with Crippen LogP contribution in [0.5, 0.6) is 17.2 Å². The fourth-order valence-electron chi connectivity index (χ4n) is 2.35. The van der Waals surface area contributed by atoms with Crippen molar-refractivity contribution in [3.63, 3.8) is 0 Å². The Labute approximate surface area is 161 Å². The van der Waals surface area contributed by atoms with Gasteiger partial charge in [-0.3, -0.25) is 10.1 Å². The molecule has 0 unspecified atom stereocenters. The quantitative estimate of drug-likeness (QED) is 0.248. The van der Waals surface area contributed by atoms with Crippen LogP contribution in [0.3, 0.4) is 0 Å². The van der Waals surface area contributed by atoms with E-state index in [-0.39, 0.29) is 17.3 Å². The van der Waals surface area contributed by atoms with Crippen molar-refractivity contribution in [2.24, 2.45) is 0 Å². The second-order valence-electron chi connectivity index (χ2n) is 6.27. The second-order valence-corrected chi connectivity index (χ2v) is 7.97. The van der Waals surface area contributed by atoms with Gasteiger partial charge in [-0.15, -0.1) is 11.8 Å². The molecule has 0 saturated carbocycles. The van der Waals surface area contributed by atoms with E-state index in [1.54, 1.807) is 13.8 Å². The molecule has 0 radical (unpaired) electrons. The highest BCUT2D eigenvalue weighted by molar-refractivity contribution is 8.00. The van der Waals surface area contributed by atoms with Crippen LogP contribution in [0.15, 0.2) is 39.8 Å². The molecule has 3 aromatic rings. The van der Waals surface area contributed by atoms with Crippen LogP contribution < -0.4 is 0 Å². The summed E-state index contributed by atoms with van der Waals surface area (Å²) in [6.45, 7) is 3.53. The number of hydrogen-bond donors (Lipinski definition) is 3. The molecule has 0 aliphatic carbocycles. The van der Waals surface area contributed by atoms with E-state index in [1.165, 1.54) is 23.9 Å². The van der Waals surface area contributed by atoms with Crippen LogP contribution in [0.1, 0.15) is 19.7 Å². The number of benzene rings is 2. The Morgan fingerprint density at radius 2 is 1.89 bits per heavy atom. The number of phenolic OH excluding ortho intramolecular Hbond substituents is 3. The number of aromatic nitrogens is 2. The molecule has 1 aromatic heterocycles. The first-order valence-corrected chi connectivity index (χ1v) is 8.62. The molecule has 9 nitrogen and oxygen atoms in total. The fourth-order valence-corrected chi connectivity index (χ4v) is 3.42. The molecule has 2 aromatic carbocycles. The first-order valence-electron chi connectivity index (χ1n) is 7.81. The van der Waals surface area contributed by atoms with Gasteiger partial charge in [0, 0.05) is 11.0 Å². The van der Waals surface area contributed by atoms with Crippen molar-refractivity contribution in [3.05, 3.63) is 52.1 Å². The van der Waals surface area contributed by atoms with Crippen LogP contribution in [-0.2, 0) is 4.75 Å². The number of nitro groups is 1. The van der Waals surface area contributed by atoms with Crippen molar-refractivity contribution in [1.29, 1.82) is 0 Å². The molecular weight excluding hydrogens is 393 g/mol. The summed E-state index contributed by atoms with van der Waals surface area (Å²) in [5.74, 6) is -2.64. The summed E-state index contributed by atoms with van der Waals surface area (Å²) >= 11 is 1.23. The number of nitro benzene ring substituents is 1. The number of halogens is 1. The summed E-state index contributed by atoms with van der Waals surface area (Å²) in [6, 6.07) is 5.96. The first-order chi connectivity index (χ1) is 13.1. The lowest BCUT2D eigenvalue weighted by Crippen LogP contribution is -2.14. The molecule has 11 heteroatoms. The normalized spacial score (nSPS) is 11.5. The summed E-state index contributed by atoms with van der Waals surface area (Å²) < 4.78 is 17.6. The maximum Gasteiger partial charge on any atom is 0.315 e. The number of phenols is 3. The highest BCUT2D eigenvalue weighted by Crippen LogP contribution is 2.42. The highest BCUT2D eigenvalue weighted by Gasteiger charge is 2.30. The molecule has 0 atom stereocenters. The average Bonchev–Trinajstić information content (AvgIpc) is 3.11. The van der Waals surface area contributed by atoms with Gasteiger partial charge >= 0.3 is 5.69 Å². The number of hydrogen-bond acceptors (Lipinski definition) is 9. The first kappa shape index (κ1) is 19.4. The molecule has 3 rings (SSSR count). The van der Waals surface area contributed by atoms with Gasteiger partial charge in [0.1, 0.15) is 0 Å². The van der Waals surface area contributed by atoms with Crippen molar-refractivity contribution in [1.82, 2.24) is 10.1 Å². The lowest BCUT2D eigenvalue weighted by molar-refractivity contribution is -0.385. The molecule has 146 valence electrons. The summed E-state index contributed by atoms with van der Waals surface area (Å²) in [5.41, 5.74) is -0.647. The topological polar surface area (TPSA) is 143 Å². The summed E-state index contributed by atoms with van der Waals surface area (Å²) in [6.07, 6.45) is 0. The van der Waals surface area contributed by atoms with Gasteiger partial charge in [-0.2, -0.15) is 4.98 Å². The average molecular weight is 407 g/mol. The minimum Gasteiger partial charge on any atom is -0.505 e. The molecule has 3 N–H and O–H groups in total. The molecule has 0 bridgehead atoms. The Hall–Kier alpha value is -3.34. The predicted octanol–water partition coefficient (Wildman–Crippen LogP) is 3.93. The van der Waals surface area contributed by atoms with Gasteiger partial charge in [0.2, 0.25) is 5.75 Å². The van der Waals surface area contributed by atoms with Crippen LogP contribution in [0, 0.1) is 15.9 Å². The molecule has 28 heavy (non-hydrogen) atoms. The summed E-state index contributed by atoms with van der Waals surface area (Å²) in [7, 11) is 0.